The highest BCUT2D eigenvalue weighted by molar-refractivity contribution is 7.90. The molecule has 0 aliphatic carbocycles. The lowest BCUT2D eigenvalue weighted by Crippen LogP contribution is -2.23. The summed E-state index contributed by atoms with van der Waals surface area (Å²) >= 11 is 5.91. The van der Waals surface area contributed by atoms with Crippen molar-refractivity contribution in [3.63, 3.8) is 0 Å². The summed E-state index contributed by atoms with van der Waals surface area (Å²) in [4.78, 5) is 16.2. The molecule has 3 rings (SSSR count). The second-order valence-corrected chi connectivity index (χ2v) is 8.51. The zero-order valence-corrected chi connectivity index (χ0v) is 16.4. The number of nitrogens with one attached hydrogen (secondary N) is 1. The Hall–Kier alpha value is -2.71. The van der Waals surface area contributed by atoms with Crippen molar-refractivity contribution in [3.8, 4) is 0 Å². The van der Waals surface area contributed by atoms with Crippen molar-refractivity contribution >= 4 is 27.3 Å². The van der Waals surface area contributed by atoms with Gasteiger partial charge in [-0.05, 0) is 29.8 Å². The predicted octanol–water partition coefficient (Wildman–Crippen LogP) is 2.95. The molecule has 0 spiro atoms. The first kappa shape index (κ1) is 20.0. The number of hydrogen-bond donors (Lipinski definition) is 1. The Kier molecular flexibility index (Phi) is 6.43. The van der Waals surface area contributed by atoms with Crippen LogP contribution in [0, 0.1) is 0 Å². The summed E-state index contributed by atoms with van der Waals surface area (Å²) in [7, 11) is -3.55. The van der Waals surface area contributed by atoms with Gasteiger partial charge in [-0.2, -0.15) is 4.98 Å². The van der Waals surface area contributed by atoms with Crippen molar-refractivity contribution in [1.82, 2.24) is 15.5 Å². The van der Waals surface area contributed by atoms with Crippen LogP contribution in [0.3, 0.4) is 0 Å². The lowest BCUT2D eigenvalue weighted by atomic mass is 10.2. The smallest absolute Gasteiger partial charge is 0.227 e. The molecule has 28 heavy (non-hydrogen) atoms. The van der Waals surface area contributed by atoms with Gasteiger partial charge in [-0.1, -0.05) is 47.1 Å². The SMILES string of the molecule is O=C(CCc1nc(CS(=O)(=O)c2ccccc2)no1)NCc1cccc(Cl)c1. The van der Waals surface area contributed by atoms with E-state index in [0.717, 1.165) is 5.56 Å². The predicted molar refractivity (Wildman–Crippen MR) is 103 cm³/mol. The first-order valence-corrected chi connectivity index (χ1v) is 10.6. The van der Waals surface area contributed by atoms with E-state index in [9.17, 15) is 13.2 Å². The maximum absolute atomic E-state index is 12.3. The molecule has 0 radical (unpaired) electrons. The number of carbonyl (C=O) groups is 1. The summed E-state index contributed by atoms with van der Waals surface area (Å²) in [5.74, 6) is -0.257. The second kappa shape index (κ2) is 8.99. The number of nitrogens with zero attached hydrogens (tertiary/aromatic N) is 2. The first-order valence-electron chi connectivity index (χ1n) is 8.53. The average molecular weight is 420 g/mol. The van der Waals surface area contributed by atoms with Gasteiger partial charge >= 0.3 is 0 Å². The number of sulfone groups is 1. The molecule has 1 N–H and O–H groups in total. The Balaban J connectivity index is 1.50. The molecule has 0 aliphatic rings. The van der Waals surface area contributed by atoms with Gasteiger partial charge in [0.15, 0.2) is 15.7 Å². The van der Waals surface area contributed by atoms with Crippen molar-refractivity contribution in [2.24, 2.45) is 0 Å². The quantitative estimate of drug-likeness (QED) is 0.602. The maximum atomic E-state index is 12.3. The van der Waals surface area contributed by atoms with E-state index < -0.39 is 9.84 Å². The number of rotatable bonds is 8. The molecule has 146 valence electrons. The van der Waals surface area contributed by atoms with Gasteiger partial charge in [0.1, 0.15) is 5.75 Å². The Morgan fingerprint density at radius 3 is 2.64 bits per heavy atom. The van der Waals surface area contributed by atoms with Crippen molar-refractivity contribution in [3.05, 3.63) is 76.9 Å². The normalized spacial score (nSPS) is 11.3. The van der Waals surface area contributed by atoms with E-state index in [1.165, 1.54) is 12.1 Å². The molecule has 0 saturated carbocycles. The summed E-state index contributed by atoms with van der Waals surface area (Å²) in [5.41, 5.74) is 0.895. The molecule has 9 heteroatoms. The van der Waals surface area contributed by atoms with Gasteiger partial charge in [-0.3, -0.25) is 4.79 Å². The summed E-state index contributed by atoms with van der Waals surface area (Å²) in [6, 6.07) is 15.3. The van der Waals surface area contributed by atoms with Crippen LogP contribution in [-0.4, -0.2) is 24.5 Å². The highest BCUT2D eigenvalue weighted by Crippen LogP contribution is 2.15. The molecule has 2 aromatic carbocycles. The largest absolute Gasteiger partial charge is 0.352 e. The molecule has 0 aliphatic heterocycles. The third-order valence-electron chi connectivity index (χ3n) is 3.88. The first-order chi connectivity index (χ1) is 13.4. The van der Waals surface area contributed by atoms with Crippen molar-refractivity contribution in [2.45, 2.75) is 30.0 Å². The van der Waals surface area contributed by atoms with Crippen LogP contribution in [0.25, 0.3) is 0 Å². The maximum Gasteiger partial charge on any atom is 0.227 e. The Labute approximate surface area is 167 Å². The second-order valence-electron chi connectivity index (χ2n) is 6.08. The number of amides is 1. The number of aromatic nitrogens is 2. The molecule has 1 amide bonds. The molecule has 0 atom stereocenters. The van der Waals surface area contributed by atoms with Crippen LogP contribution >= 0.6 is 11.6 Å². The standard InChI is InChI=1S/C19H18ClN3O4S/c20-15-6-4-5-14(11-15)12-21-18(24)9-10-19-22-17(23-27-19)13-28(25,26)16-7-2-1-3-8-16/h1-8,11H,9-10,12-13H2,(H,21,24). The molecule has 0 fully saturated rings. The van der Waals surface area contributed by atoms with Gasteiger partial charge in [-0.25, -0.2) is 8.42 Å². The van der Waals surface area contributed by atoms with E-state index in [0.29, 0.717) is 11.6 Å². The van der Waals surface area contributed by atoms with Gasteiger partial charge < -0.3 is 9.84 Å². The van der Waals surface area contributed by atoms with Crippen molar-refractivity contribution < 1.29 is 17.7 Å². The highest BCUT2D eigenvalue weighted by atomic mass is 35.5. The molecule has 0 saturated heterocycles. The van der Waals surface area contributed by atoms with Crippen LogP contribution < -0.4 is 5.32 Å². The molecular weight excluding hydrogens is 402 g/mol. The third kappa shape index (κ3) is 5.64. The van der Waals surface area contributed by atoms with E-state index in [1.807, 2.05) is 12.1 Å². The van der Waals surface area contributed by atoms with Crippen LogP contribution in [0.5, 0.6) is 0 Å². The number of aryl methyl sites for hydroxylation is 1. The van der Waals surface area contributed by atoms with Crippen LogP contribution in [0.15, 0.2) is 64.0 Å². The van der Waals surface area contributed by atoms with E-state index in [2.05, 4.69) is 15.5 Å². The monoisotopic (exact) mass is 419 g/mol. The Morgan fingerprint density at radius 2 is 1.89 bits per heavy atom. The fraction of sp³-hybridized carbons (Fsp3) is 0.211. The molecule has 0 bridgehead atoms. The van der Waals surface area contributed by atoms with Crippen LogP contribution in [0.2, 0.25) is 5.02 Å². The number of halogens is 1. The summed E-state index contributed by atoms with van der Waals surface area (Å²) in [6.45, 7) is 0.365. The number of carbonyl (C=O) groups excluding carboxylic acids is 1. The minimum atomic E-state index is -3.55. The van der Waals surface area contributed by atoms with E-state index in [4.69, 9.17) is 16.1 Å². The topological polar surface area (TPSA) is 102 Å². The number of hydrogen-bond acceptors (Lipinski definition) is 6. The van der Waals surface area contributed by atoms with E-state index in [1.54, 1.807) is 30.3 Å². The molecule has 7 nitrogen and oxygen atoms in total. The van der Waals surface area contributed by atoms with Gasteiger partial charge in [-0.15, -0.1) is 0 Å². The van der Waals surface area contributed by atoms with E-state index in [-0.39, 0.29) is 41.1 Å². The summed E-state index contributed by atoms with van der Waals surface area (Å²) in [6.07, 6.45) is 0.368. The molecule has 3 aromatic rings. The Bertz CT molecular complexity index is 1050. The molecule has 1 heterocycles. The zero-order valence-electron chi connectivity index (χ0n) is 14.8. The molecule has 0 unspecified atom stereocenters. The Morgan fingerprint density at radius 1 is 1.11 bits per heavy atom. The van der Waals surface area contributed by atoms with Gasteiger partial charge in [0, 0.05) is 24.4 Å². The third-order valence-corrected chi connectivity index (χ3v) is 5.74. The average Bonchev–Trinajstić information content (AvgIpc) is 3.12. The summed E-state index contributed by atoms with van der Waals surface area (Å²) in [5, 5.41) is 7.08. The highest BCUT2D eigenvalue weighted by Gasteiger charge is 2.19. The van der Waals surface area contributed by atoms with Gasteiger partial charge in [0.2, 0.25) is 11.8 Å². The van der Waals surface area contributed by atoms with Crippen molar-refractivity contribution in [2.75, 3.05) is 0 Å². The molecule has 1 aromatic heterocycles. The minimum absolute atomic E-state index is 0.0678. The summed E-state index contributed by atoms with van der Waals surface area (Å²) < 4.78 is 29.7. The van der Waals surface area contributed by atoms with Gasteiger partial charge in [0.05, 0.1) is 4.90 Å². The fourth-order valence-corrected chi connectivity index (χ4v) is 3.90. The van der Waals surface area contributed by atoms with Crippen LogP contribution in [0.1, 0.15) is 23.7 Å². The van der Waals surface area contributed by atoms with Gasteiger partial charge in [0.25, 0.3) is 0 Å². The molecular formula is C19H18ClN3O4S. The van der Waals surface area contributed by atoms with Crippen molar-refractivity contribution in [1.29, 1.82) is 0 Å². The lowest BCUT2D eigenvalue weighted by molar-refractivity contribution is -0.121. The van der Waals surface area contributed by atoms with E-state index >= 15 is 0 Å². The van der Waals surface area contributed by atoms with Crippen LogP contribution in [0.4, 0.5) is 0 Å². The zero-order chi connectivity index (χ0) is 20.0. The minimum Gasteiger partial charge on any atom is -0.352 e. The lowest BCUT2D eigenvalue weighted by Gasteiger charge is -2.04. The fourth-order valence-electron chi connectivity index (χ4n) is 2.49. The van der Waals surface area contributed by atoms with Crippen LogP contribution in [-0.2, 0) is 33.4 Å². The number of benzene rings is 2.